The van der Waals surface area contributed by atoms with Gasteiger partial charge in [-0.25, -0.2) is 0 Å². The minimum atomic E-state index is 0.103. The topological polar surface area (TPSA) is 34.1 Å². The van der Waals surface area contributed by atoms with Crippen LogP contribution in [0, 0.1) is 0 Å². The Balaban J connectivity index is 2.95. The minimum absolute atomic E-state index is 0.103. The highest BCUT2D eigenvalue weighted by Crippen LogP contribution is 2.14. The van der Waals surface area contributed by atoms with Crippen LogP contribution in [0.5, 0.6) is 0 Å². The molecule has 0 unspecified atom stereocenters. The molecule has 0 saturated heterocycles. The summed E-state index contributed by atoms with van der Waals surface area (Å²) in [5.41, 5.74) is 1.44. The molecule has 0 amide bonds. The molecular formula is C10H10O2S. The van der Waals surface area contributed by atoms with Crippen LogP contribution in [0.3, 0.4) is 0 Å². The van der Waals surface area contributed by atoms with E-state index < -0.39 is 0 Å². The Hall–Kier alpha value is -1.09. The number of ketones is 1. The van der Waals surface area contributed by atoms with Crippen LogP contribution in [0.1, 0.15) is 22.8 Å². The van der Waals surface area contributed by atoms with Crippen LogP contribution < -0.4 is 0 Å². The molecule has 0 N–H and O–H groups in total. The number of aldehydes is 1. The number of thiol groups is 1. The van der Waals surface area contributed by atoms with Gasteiger partial charge >= 0.3 is 0 Å². The molecule has 0 heterocycles. The van der Waals surface area contributed by atoms with Gasteiger partial charge in [-0.2, -0.15) is 0 Å². The first-order valence-corrected chi connectivity index (χ1v) is 4.34. The van der Waals surface area contributed by atoms with E-state index in [0.29, 0.717) is 16.9 Å². The monoisotopic (exact) mass is 194 g/mol. The van der Waals surface area contributed by atoms with Gasteiger partial charge in [-0.1, -0.05) is 12.1 Å². The maximum absolute atomic E-state index is 10.8. The highest BCUT2D eigenvalue weighted by atomic mass is 32.1. The van der Waals surface area contributed by atoms with E-state index in [4.69, 9.17) is 0 Å². The van der Waals surface area contributed by atoms with Gasteiger partial charge in [-0.15, -0.1) is 12.6 Å². The quantitative estimate of drug-likeness (QED) is 0.589. The molecule has 13 heavy (non-hydrogen) atoms. The SMILES string of the molecule is CC(=O)Cc1ccc(C=O)c(S)c1. The fourth-order valence-corrected chi connectivity index (χ4v) is 1.38. The van der Waals surface area contributed by atoms with Gasteiger partial charge < -0.3 is 0 Å². The zero-order valence-corrected chi connectivity index (χ0v) is 8.17. The van der Waals surface area contributed by atoms with Gasteiger partial charge in [0.25, 0.3) is 0 Å². The van der Waals surface area contributed by atoms with Gasteiger partial charge in [0.1, 0.15) is 5.78 Å². The largest absolute Gasteiger partial charge is 0.300 e. The maximum atomic E-state index is 10.8. The number of rotatable bonds is 3. The van der Waals surface area contributed by atoms with Crippen molar-refractivity contribution in [3.8, 4) is 0 Å². The second-order valence-electron chi connectivity index (χ2n) is 2.89. The summed E-state index contributed by atoms with van der Waals surface area (Å²) in [6.07, 6.45) is 1.15. The van der Waals surface area contributed by atoms with Crippen LogP contribution >= 0.6 is 12.6 Å². The fraction of sp³-hybridized carbons (Fsp3) is 0.200. The number of benzene rings is 1. The van der Waals surface area contributed by atoms with Gasteiger partial charge in [0.15, 0.2) is 6.29 Å². The Morgan fingerprint density at radius 3 is 2.69 bits per heavy atom. The van der Waals surface area contributed by atoms with Crippen molar-refractivity contribution in [2.45, 2.75) is 18.2 Å². The lowest BCUT2D eigenvalue weighted by atomic mass is 10.1. The van der Waals surface area contributed by atoms with E-state index in [2.05, 4.69) is 12.6 Å². The summed E-state index contributed by atoms with van der Waals surface area (Å²) in [4.78, 5) is 21.8. The zero-order valence-electron chi connectivity index (χ0n) is 7.28. The lowest BCUT2D eigenvalue weighted by molar-refractivity contribution is -0.116. The summed E-state index contributed by atoms with van der Waals surface area (Å²) in [5.74, 6) is 0.103. The van der Waals surface area contributed by atoms with Gasteiger partial charge in [0.2, 0.25) is 0 Å². The van der Waals surface area contributed by atoms with Crippen LogP contribution in [0.15, 0.2) is 23.1 Å². The molecule has 0 aliphatic rings. The third-order valence-electron chi connectivity index (χ3n) is 1.67. The van der Waals surface area contributed by atoms with Crippen molar-refractivity contribution in [2.24, 2.45) is 0 Å². The van der Waals surface area contributed by atoms with Crippen molar-refractivity contribution < 1.29 is 9.59 Å². The van der Waals surface area contributed by atoms with E-state index in [1.54, 1.807) is 18.2 Å². The van der Waals surface area contributed by atoms with Gasteiger partial charge in [0.05, 0.1) is 0 Å². The molecule has 1 aromatic rings. The van der Waals surface area contributed by atoms with Crippen molar-refractivity contribution in [3.05, 3.63) is 29.3 Å². The van der Waals surface area contributed by atoms with E-state index in [9.17, 15) is 9.59 Å². The highest BCUT2D eigenvalue weighted by molar-refractivity contribution is 7.80. The molecule has 0 aliphatic carbocycles. The van der Waals surface area contributed by atoms with E-state index in [-0.39, 0.29) is 5.78 Å². The Kier molecular flexibility index (Phi) is 3.25. The molecule has 0 bridgehead atoms. The first-order valence-electron chi connectivity index (χ1n) is 3.90. The molecule has 0 aliphatic heterocycles. The third-order valence-corrected chi connectivity index (χ3v) is 2.06. The Morgan fingerprint density at radius 1 is 1.54 bits per heavy atom. The highest BCUT2D eigenvalue weighted by Gasteiger charge is 2.01. The van der Waals surface area contributed by atoms with E-state index in [0.717, 1.165) is 11.8 Å². The standard InChI is InChI=1S/C10H10O2S/c1-7(12)4-8-2-3-9(6-11)10(13)5-8/h2-3,5-6,13H,4H2,1H3. The predicted molar refractivity (Wildman–Crippen MR) is 53.5 cm³/mol. The van der Waals surface area contributed by atoms with E-state index >= 15 is 0 Å². The lowest BCUT2D eigenvalue weighted by Gasteiger charge is -2.01. The average molecular weight is 194 g/mol. The van der Waals surface area contributed by atoms with E-state index in [1.165, 1.54) is 6.92 Å². The third kappa shape index (κ3) is 2.70. The molecule has 0 fully saturated rings. The normalized spacial score (nSPS) is 9.69. The summed E-state index contributed by atoms with van der Waals surface area (Å²) in [6.45, 7) is 1.53. The summed E-state index contributed by atoms with van der Waals surface area (Å²) < 4.78 is 0. The number of hydrogen-bond donors (Lipinski definition) is 1. The molecule has 1 aromatic carbocycles. The number of hydrogen-bond acceptors (Lipinski definition) is 3. The number of carbonyl (C=O) groups excluding carboxylic acids is 2. The van der Waals surface area contributed by atoms with Gasteiger partial charge in [0, 0.05) is 16.9 Å². The second kappa shape index (κ2) is 4.23. The molecular weight excluding hydrogens is 184 g/mol. The Bertz CT molecular complexity index is 345. The van der Waals surface area contributed by atoms with Crippen LogP contribution in [0.2, 0.25) is 0 Å². The van der Waals surface area contributed by atoms with Gasteiger partial charge in [-0.3, -0.25) is 9.59 Å². The molecule has 3 heteroatoms. The van der Waals surface area contributed by atoms with Crippen LogP contribution in [0.4, 0.5) is 0 Å². The van der Waals surface area contributed by atoms with E-state index in [1.807, 2.05) is 0 Å². The Labute approximate surface area is 82.4 Å². The lowest BCUT2D eigenvalue weighted by Crippen LogP contribution is -1.96. The summed E-state index contributed by atoms with van der Waals surface area (Å²) >= 11 is 4.13. The first kappa shape index (κ1) is 9.99. The predicted octanol–water partition coefficient (Wildman–Crippen LogP) is 1.92. The molecule has 68 valence electrons. The molecule has 0 spiro atoms. The van der Waals surface area contributed by atoms with Crippen molar-refractivity contribution in [2.75, 3.05) is 0 Å². The summed E-state index contributed by atoms with van der Waals surface area (Å²) in [7, 11) is 0. The molecule has 2 nitrogen and oxygen atoms in total. The molecule has 0 atom stereocenters. The number of Topliss-reactive ketones (excluding diaryl/α,β-unsaturated/α-hetero) is 1. The van der Waals surface area contributed by atoms with Crippen molar-refractivity contribution >= 4 is 24.7 Å². The molecule has 1 rings (SSSR count). The van der Waals surface area contributed by atoms with Crippen molar-refractivity contribution in [3.63, 3.8) is 0 Å². The smallest absolute Gasteiger partial charge is 0.151 e. The summed E-state index contributed by atoms with van der Waals surface area (Å²) in [5, 5.41) is 0. The first-order chi connectivity index (χ1) is 6.13. The molecule has 0 saturated carbocycles. The maximum Gasteiger partial charge on any atom is 0.151 e. The van der Waals surface area contributed by atoms with Crippen LogP contribution in [0.25, 0.3) is 0 Å². The van der Waals surface area contributed by atoms with Crippen molar-refractivity contribution in [1.29, 1.82) is 0 Å². The minimum Gasteiger partial charge on any atom is -0.300 e. The molecule has 0 aromatic heterocycles. The Morgan fingerprint density at radius 2 is 2.23 bits per heavy atom. The fourth-order valence-electron chi connectivity index (χ4n) is 1.09. The van der Waals surface area contributed by atoms with Crippen LogP contribution in [-0.2, 0) is 11.2 Å². The van der Waals surface area contributed by atoms with Crippen molar-refractivity contribution in [1.82, 2.24) is 0 Å². The van der Waals surface area contributed by atoms with Crippen LogP contribution in [-0.4, -0.2) is 12.1 Å². The average Bonchev–Trinajstić information content (AvgIpc) is 2.03. The summed E-state index contributed by atoms with van der Waals surface area (Å²) in [6, 6.07) is 5.19. The van der Waals surface area contributed by atoms with Gasteiger partial charge in [-0.05, 0) is 18.6 Å². The molecule has 0 radical (unpaired) electrons. The zero-order chi connectivity index (χ0) is 9.84. The number of carbonyl (C=O) groups is 2. The second-order valence-corrected chi connectivity index (χ2v) is 3.37.